The molecule has 0 radical (unpaired) electrons. The van der Waals surface area contributed by atoms with E-state index in [0.29, 0.717) is 5.92 Å². The van der Waals surface area contributed by atoms with Gasteiger partial charge in [-0.25, -0.2) is 0 Å². The van der Waals surface area contributed by atoms with Gasteiger partial charge >= 0.3 is 0 Å². The molecule has 1 fully saturated rings. The Labute approximate surface area is 105 Å². The fraction of sp³-hybridized carbons (Fsp3) is 0.923. The summed E-state index contributed by atoms with van der Waals surface area (Å²) in [5.41, 5.74) is 6.30. The molecule has 2 rings (SSSR count). The highest BCUT2D eigenvalue weighted by molar-refractivity contribution is 5.81. The Balaban J connectivity index is 2.05. The van der Waals surface area contributed by atoms with Crippen molar-refractivity contribution in [1.29, 1.82) is 0 Å². The largest absolute Gasteiger partial charge is 0.370 e. The molecule has 1 saturated heterocycles. The monoisotopic (exact) mass is 238 g/mol. The molecule has 0 aromatic heterocycles. The molecule has 0 aromatic carbocycles. The molecule has 0 amide bonds. The SMILES string of the molecule is CCN1CCC2(CC1)CN=C(N)N2CC(C)C. The number of guanidine groups is 1. The third-order valence-electron chi connectivity index (χ3n) is 4.17. The molecule has 2 aliphatic rings. The lowest BCUT2D eigenvalue weighted by Gasteiger charge is -2.45. The predicted octanol–water partition coefficient (Wildman–Crippen LogP) is 1.13. The summed E-state index contributed by atoms with van der Waals surface area (Å²) < 4.78 is 0. The lowest BCUT2D eigenvalue weighted by atomic mass is 9.86. The van der Waals surface area contributed by atoms with E-state index in [2.05, 4.69) is 35.6 Å². The van der Waals surface area contributed by atoms with Crippen molar-refractivity contribution < 1.29 is 0 Å². The van der Waals surface area contributed by atoms with E-state index >= 15 is 0 Å². The average molecular weight is 238 g/mol. The lowest BCUT2D eigenvalue weighted by molar-refractivity contribution is 0.0821. The van der Waals surface area contributed by atoms with Gasteiger partial charge in [0.25, 0.3) is 0 Å². The second-order valence-corrected chi connectivity index (χ2v) is 5.84. The van der Waals surface area contributed by atoms with E-state index in [1.54, 1.807) is 0 Å². The van der Waals surface area contributed by atoms with Gasteiger partial charge in [0.2, 0.25) is 0 Å². The van der Waals surface area contributed by atoms with Crippen molar-refractivity contribution in [2.75, 3.05) is 32.7 Å². The summed E-state index contributed by atoms with van der Waals surface area (Å²) in [5.74, 6) is 1.41. The standard InChI is InChI=1S/C13H26N4/c1-4-16-7-5-13(6-8-16)10-15-12(14)17(13)9-11(2)3/h11H,4-10H2,1-3H3,(H2,14,15). The van der Waals surface area contributed by atoms with Crippen LogP contribution >= 0.6 is 0 Å². The summed E-state index contributed by atoms with van der Waals surface area (Å²) in [7, 11) is 0. The van der Waals surface area contributed by atoms with Crippen molar-refractivity contribution in [3.63, 3.8) is 0 Å². The number of nitrogens with zero attached hydrogens (tertiary/aromatic N) is 3. The van der Waals surface area contributed by atoms with Crippen LogP contribution in [0.15, 0.2) is 4.99 Å². The highest BCUT2D eigenvalue weighted by Gasteiger charge is 2.44. The first kappa shape index (κ1) is 12.7. The van der Waals surface area contributed by atoms with Crippen molar-refractivity contribution in [3.8, 4) is 0 Å². The van der Waals surface area contributed by atoms with Gasteiger partial charge in [0, 0.05) is 19.6 Å². The molecular weight excluding hydrogens is 212 g/mol. The molecule has 0 unspecified atom stereocenters. The molecular formula is C13H26N4. The second-order valence-electron chi connectivity index (χ2n) is 5.84. The van der Waals surface area contributed by atoms with Crippen LogP contribution in [-0.4, -0.2) is 54.0 Å². The van der Waals surface area contributed by atoms with Gasteiger partial charge < -0.3 is 15.5 Å². The van der Waals surface area contributed by atoms with Gasteiger partial charge in [0.1, 0.15) is 0 Å². The maximum absolute atomic E-state index is 6.06. The fourth-order valence-electron chi connectivity index (χ4n) is 3.01. The first-order chi connectivity index (χ1) is 8.07. The molecule has 2 aliphatic heterocycles. The van der Waals surface area contributed by atoms with Crippen molar-refractivity contribution in [1.82, 2.24) is 9.80 Å². The number of hydrogen-bond acceptors (Lipinski definition) is 4. The molecule has 4 heteroatoms. The normalized spacial score (nSPS) is 24.7. The highest BCUT2D eigenvalue weighted by atomic mass is 15.4. The Morgan fingerprint density at radius 2 is 2.00 bits per heavy atom. The number of rotatable bonds is 3. The summed E-state index contributed by atoms with van der Waals surface area (Å²) >= 11 is 0. The van der Waals surface area contributed by atoms with Crippen LogP contribution in [0, 0.1) is 5.92 Å². The Hall–Kier alpha value is -0.770. The van der Waals surface area contributed by atoms with Gasteiger partial charge in [-0.15, -0.1) is 0 Å². The Morgan fingerprint density at radius 1 is 1.35 bits per heavy atom. The van der Waals surface area contributed by atoms with Gasteiger partial charge in [-0.1, -0.05) is 20.8 Å². The van der Waals surface area contributed by atoms with E-state index in [1.165, 1.54) is 25.9 Å². The maximum atomic E-state index is 6.06. The molecule has 4 nitrogen and oxygen atoms in total. The number of hydrogen-bond donors (Lipinski definition) is 1. The molecule has 0 atom stereocenters. The quantitative estimate of drug-likeness (QED) is 0.801. The molecule has 1 spiro atoms. The van der Waals surface area contributed by atoms with Crippen molar-refractivity contribution in [2.45, 2.75) is 39.2 Å². The number of aliphatic imine (C=N–C) groups is 1. The minimum absolute atomic E-state index is 0.236. The van der Waals surface area contributed by atoms with E-state index in [0.717, 1.165) is 25.6 Å². The van der Waals surface area contributed by atoms with E-state index in [9.17, 15) is 0 Å². The van der Waals surface area contributed by atoms with Gasteiger partial charge in [0.15, 0.2) is 5.96 Å². The zero-order valence-corrected chi connectivity index (χ0v) is 11.4. The van der Waals surface area contributed by atoms with Gasteiger partial charge in [0.05, 0.1) is 12.1 Å². The third kappa shape index (κ3) is 2.41. The lowest BCUT2D eigenvalue weighted by Crippen LogP contribution is -2.58. The van der Waals surface area contributed by atoms with E-state index < -0.39 is 0 Å². The molecule has 2 heterocycles. The minimum atomic E-state index is 0.236. The van der Waals surface area contributed by atoms with Crippen LogP contribution in [-0.2, 0) is 0 Å². The molecule has 0 aliphatic carbocycles. The summed E-state index contributed by atoms with van der Waals surface area (Å²) in [6, 6.07) is 0. The zero-order chi connectivity index (χ0) is 12.5. The van der Waals surface area contributed by atoms with Crippen LogP contribution in [0.3, 0.4) is 0 Å². The minimum Gasteiger partial charge on any atom is -0.370 e. The first-order valence-corrected chi connectivity index (χ1v) is 6.87. The Bertz CT molecular complexity index is 290. The fourth-order valence-corrected chi connectivity index (χ4v) is 3.01. The Kier molecular flexibility index (Phi) is 3.61. The van der Waals surface area contributed by atoms with Crippen LogP contribution in [0.4, 0.5) is 0 Å². The summed E-state index contributed by atoms with van der Waals surface area (Å²) in [5, 5.41) is 0. The predicted molar refractivity (Wildman–Crippen MR) is 72.1 cm³/mol. The first-order valence-electron chi connectivity index (χ1n) is 6.87. The topological polar surface area (TPSA) is 44.9 Å². The van der Waals surface area contributed by atoms with Crippen molar-refractivity contribution in [2.24, 2.45) is 16.6 Å². The van der Waals surface area contributed by atoms with Crippen LogP contribution in [0.5, 0.6) is 0 Å². The molecule has 0 aromatic rings. The molecule has 0 saturated carbocycles. The molecule has 2 N–H and O–H groups in total. The average Bonchev–Trinajstić information content (AvgIpc) is 2.59. The third-order valence-corrected chi connectivity index (χ3v) is 4.17. The van der Waals surface area contributed by atoms with E-state index in [4.69, 9.17) is 5.73 Å². The van der Waals surface area contributed by atoms with Gasteiger partial charge in [-0.05, 0) is 25.3 Å². The summed E-state index contributed by atoms with van der Waals surface area (Å²) in [4.78, 5) is 9.40. The second kappa shape index (κ2) is 4.84. The van der Waals surface area contributed by atoms with Crippen LogP contribution in [0.1, 0.15) is 33.6 Å². The van der Waals surface area contributed by atoms with Crippen LogP contribution < -0.4 is 5.73 Å². The number of piperidine rings is 1. The summed E-state index contributed by atoms with van der Waals surface area (Å²) in [6.45, 7) is 12.2. The van der Waals surface area contributed by atoms with Gasteiger partial charge in [-0.2, -0.15) is 0 Å². The maximum Gasteiger partial charge on any atom is 0.191 e. The van der Waals surface area contributed by atoms with Crippen molar-refractivity contribution in [3.05, 3.63) is 0 Å². The number of nitrogens with two attached hydrogens (primary N) is 1. The van der Waals surface area contributed by atoms with Crippen LogP contribution in [0.25, 0.3) is 0 Å². The smallest absolute Gasteiger partial charge is 0.191 e. The summed E-state index contributed by atoms with van der Waals surface area (Å²) in [6.07, 6.45) is 2.41. The zero-order valence-electron chi connectivity index (χ0n) is 11.4. The molecule has 0 bridgehead atoms. The number of likely N-dealkylation sites (tertiary alicyclic amines) is 1. The highest BCUT2D eigenvalue weighted by Crippen LogP contribution is 2.33. The van der Waals surface area contributed by atoms with E-state index in [-0.39, 0.29) is 5.54 Å². The van der Waals surface area contributed by atoms with Gasteiger partial charge in [-0.3, -0.25) is 4.99 Å². The molecule has 98 valence electrons. The van der Waals surface area contributed by atoms with E-state index in [1.807, 2.05) is 0 Å². The van der Waals surface area contributed by atoms with Crippen LogP contribution in [0.2, 0.25) is 0 Å². The Morgan fingerprint density at radius 3 is 2.53 bits per heavy atom. The van der Waals surface area contributed by atoms with Crippen molar-refractivity contribution >= 4 is 5.96 Å². The molecule has 17 heavy (non-hydrogen) atoms.